The molecule has 6 aromatic rings. The number of nitrogens with zero attached hydrogens (tertiary/aromatic N) is 2. The first-order chi connectivity index (χ1) is 24.5. The summed E-state index contributed by atoms with van der Waals surface area (Å²) in [5.74, 6) is 1.82. The van der Waals surface area contributed by atoms with Crippen LogP contribution in [-0.4, -0.2) is 20.9 Å². The summed E-state index contributed by atoms with van der Waals surface area (Å²) in [6.45, 7) is 25.3. The van der Waals surface area contributed by atoms with Crippen LogP contribution in [0.2, 0.25) is 0 Å². The molecule has 0 aliphatic carbocycles. The average molecular weight is 894 g/mol. The van der Waals surface area contributed by atoms with Gasteiger partial charge in [-0.15, -0.1) is 29.1 Å². The van der Waals surface area contributed by atoms with Crippen LogP contribution in [0.5, 0.6) is 0 Å². The van der Waals surface area contributed by atoms with Crippen LogP contribution in [-0.2, 0) is 36.7 Å². The fraction of sp³-hybridized carbons (Fsp3) is 0.457. The molecule has 6 nitrogen and oxygen atoms in total. The molecule has 0 fully saturated rings. The number of carbonyl (C=O) groups excluding carboxylic acids is 1. The molecule has 285 valence electrons. The number of aliphatic hydroxyl groups is 1. The molecule has 3 heterocycles. The van der Waals surface area contributed by atoms with Crippen molar-refractivity contribution in [2.75, 3.05) is 0 Å². The second-order valence-corrected chi connectivity index (χ2v) is 16.4. The minimum absolute atomic E-state index is 0. The predicted molar refractivity (Wildman–Crippen MR) is 216 cm³/mol. The van der Waals surface area contributed by atoms with E-state index in [0.717, 1.165) is 87.4 Å². The summed E-state index contributed by atoms with van der Waals surface area (Å²) in [4.78, 5) is 21.4. The first-order valence-corrected chi connectivity index (χ1v) is 19.0. The summed E-state index contributed by atoms with van der Waals surface area (Å²) in [6, 6.07) is 18.4. The Balaban J connectivity index is 0.000000299. The molecule has 0 aliphatic heterocycles. The number of aromatic nitrogens is 2. The maximum atomic E-state index is 12.2. The van der Waals surface area contributed by atoms with Crippen molar-refractivity contribution in [1.82, 2.24) is 9.97 Å². The van der Waals surface area contributed by atoms with Gasteiger partial charge in [0.1, 0.15) is 29.0 Å². The van der Waals surface area contributed by atoms with Crippen LogP contribution in [0, 0.1) is 29.7 Å². The second kappa shape index (κ2) is 16.3. The van der Waals surface area contributed by atoms with Crippen LogP contribution in [0.15, 0.2) is 69.5 Å². The van der Waals surface area contributed by atoms with Crippen LogP contribution in [0.4, 0.5) is 0 Å². The summed E-state index contributed by atoms with van der Waals surface area (Å²) >= 11 is 0. The zero-order chi connectivity index (χ0) is 38.2. The van der Waals surface area contributed by atoms with Crippen molar-refractivity contribution in [3.8, 4) is 11.3 Å². The molecule has 1 N–H and O–H groups in total. The van der Waals surface area contributed by atoms with Crippen molar-refractivity contribution >= 4 is 49.6 Å². The van der Waals surface area contributed by atoms with Gasteiger partial charge in [0.05, 0.1) is 5.39 Å². The van der Waals surface area contributed by atoms with Crippen LogP contribution in [0.1, 0.15) is 119 Å². The van der Waals surface area contributed by atoms with Gasteiger partial charge in [-0.2, -0.15) is 0 Å². The van der Waals surface area contributed by atoms with Gasteiger partial charge >= 0.3 is 0 Å². The number of aryl methyl sites for hydroxylation is 1. The molecule has 0 unspecified atom stereocenters. The van der Waals surface area contributed by atoms with E-state index in [2.05, 4.69) is 89.0 Å². The third kappa shape index (κ3) is 8.17. The largest absolute Gasteiger partial charge is 0.512 e. The van der Waals surface area contributed by atoms with Crippen molar-refractivity contribution < 1.29 is 38.8 Å². The van der Waals surface area contributed by atoms with Crippen molar-refractivity contribution in [2.45, 2.75) is 121 Å². The van der Waals surface area contributed by atoms with E-state index in [4.69, 9.17) is 13.8 Å². The number of benzene rings is 3. The molecule has 0 aliphatic rings. The van der Waals surface area contributed by atoms with Gasteiger partial charge in [0.25, 0.3) is 0 Å². The van der Waals surface area contributed by atoms with E-state index in [1.54, 1.807) is 6.33 Å². The van der Waals surface area contributed by atoms with Gasteiger partial charge in [-0.3, -0.25) is 9.78 Å². The first-order valence-electron chi connectivity index (χ1n) is 19.0. The Bertz CT molecular complexity index is 2260. The molecule has 0 bridgehead atoms. The number of rotatable bonds is 10. The predicted octanol–water partition coefficient (Wildman–Crippen LogP) is 13.2. The number of furan rings is 2. The number of hydrogen-bond acceptors (Lipinski definition) is 6. The Kier molecular flexibility index (Phi) is 12.9. The van der Waals surface area contributed by atoms with E-state index in [0.29, 0.717) is 11.6 Å². The summed E-state index contributed by atoms with van der Waals surface area (Å²) in [6.07, 6.45) is 7.24. The SMILES string of the molecule is CCC(C)(CC)C(=O)/C=C(\O)C(C)(CC)CC.Cc1c(CC(C)C)oc2ccc3c(oc4ncnc(-c5[c-]c6ccccc6c(C(C)(C)C)c5)c43)c12.[Ir]. The molecule has 7 heteroatoms. The number of aliphatic hydroxyl groups excluding tert-OH is 1. The van der Waals surface area contributed by atoms with Gasteiger partial charge < -0.3 is 13.9 Å². The van der Waals surface area contributed by atoms with Gasteiger partial charge in [-0.25, -0.2) is 4.98 Å². The Labute approximate surface area is 329 Å². The topological polar surface area (TPSA) is 89.4 Å². The Morgan fingerprint density at radius 1 is 0.868 bits per heavy atom. The van der Waals surface area contributed by atoms with E-state index in [-0.39, 0.29) is 47.9 Å². The normalized spacial score (nSPS) is 12.8. The van der Waals surface area contributed by atoms with Crippen LogP contribution in [0.3, 0.4) is 0 Å². The van der Waals surface area contributed by atoms with Crippen LogP contribution in [0.25, 0.3) is 55.1 Å². The molecule has 0 amide bonds. The molecule has 0 spiro atoms. The monoisotopic (exact) mass is 894 g/mol. The van der Waals surface area contributed by atoms with E-state index in [9.17, 15) is 9.90 Å². The standard InChI is InChI=1S/C31H29N2O2.C15H28O2.Ir/c1-17(2)13-25-18(3)26-24(34-25)12-11-22-27-28(32-16-33-30(27)35-29(22)26)20-14-19-9-7-8-10-21(19)23(15-20)31(4,5)6;1-7-14(5,8-2)12(16)11-13(17)15(6,9-3)10-4;/h7-12,15-17H,13H2,1-6H3;11,16H,7-10H2,1-6H3;/q-1;;/b;12-11-;. The van der Waals surface area contributed by atoms with Crippen LogP contribution < -0.4 is 0 Å². The molecule has 1 radical (unpaired) electrons. The molecular formula is C46H57IrN2O4-. The Morgan fingerprint density at radius 2 is 1.51 bits per heavy atom. The fourth-order valence-corrected chi connectivity index (χ4v) is 6.87. The zero-order valence-electron chi connectivity index (χ0n) is 33.7. The van der Waals surface area contributed by atoms with Crippen molar-refractivity contribution in [1.29, 1.82) is 0 Å². The zero-order valence-corrected chi connectivity index (χ0v) is 36.1. The summed E-state index contributed by atoms with van der Waals surface area (Å²) in [7, 11) is 0. The molecular weight excluding hydrogens is 837 g/mol. The minimum atomic E-state index is -0.337. The maximum absolute atomic E-state index is 12.2. The van der Waals surface area contributed by atoms with Gasteiger partial charge in [0, 0.05) is 65.5 Å². The number of ketones is 1. The van der Waals surface area contributed by atoms with Gasteiger partial charge in [-0.05, 0) is 56.1 Å². The number of fused-ring (bicyclic) bond motifs is 6. The average Bonchev–Trinajstić information content (AvgIpc) is 3.66. The maximum Gasteiger partial charge on any atom is 0.223 e. The fourth-order valence-electron chi connectivity index (χ4n) is 6.87. The Hall–Kier alpha value is -3.80. The van der Waals surface area contributed by atoms with Crippen molar-refractivity contribution in [3.63, 3.8) is 0 Å². The molecule has 3 aromatic carbocycles. The Morgan fingerprint density at radius 3 is 2.11 bits per heavy atom. The molecule has 6 rings (SSSR count). The number of hydrogen-bond donors (Lipinski definition) is 1. The van der Waals surface area contributed by atoms with E-state index >= 15 is 0 Å². The molecule has 53 heavy (non-hydrogen) atoms. The number of allylic oxidation sites excluding steroid dienone is 2. The van der Waals surface area contributed by atoms with Gasteiger partial charge in [0.2, 0.25) is 5.71 Å². The van der Waals surface area contributed by atoms with Gasteiger partial charge in [-0.1, -0.05) is 105 Å². The summed E-state index contributed by atoms with van der Waals surface area (Å²) in [5.41, 5.74) is 5.82. The third-order valence-corrected chi connectivity index (χ3v) is 11.5. The van der Waals surface area contributed by atoms with Crippen LogP contribution >= 0.6 is 0 Å². The first kappa shape index (κ1) is 41.9. The minimum Gasteiger partial charge on any atom is -0.512 e. The molecule has 3 aromatic heterocycles. The van der Waals surface area contributed by atoms with Crippen molar-refractivity contribution in [3.05, 3.63) is 83.6 Å². The summed E-state index contributed by atoms with van der Waals surface area (Å²) in [5, 5.41) is 15.4. The third-order valence-electron chi connectivity index (χ3n) is 11.5. The second-order valence-electron chi connectivity index (χ2n) is 16.4. The quantitative estimate of drug-likeness (QED) is 0.0837. The van der Waals surface area contributed by atoms with E-state index in [1.807, 2.05) is 47.6 Å². The van der Waals surface area contributed by atoms with Gasteiger partial charge in [0.15, 0.2) is 5.78 Å². The van der Waals surface area contributed by atoms with E-state index < -0.39 is 0 Å². The molecule has 0 saturated heterocycles. The smallest absolute Gasteiger partial charge is 0.223 e. The van der Waals surface area contributed by atoms with Crippen molar-refractivity contribution in [2.24, 2.45) is 16.7 Å². The molecule has 0 saturated carbocycles. The molecule has 0 atom stereocenters. The summed E-state index contributed by atoms with van der Waals surface area (Å²) < 4.78 is 12.6. The number of carbonyl (C=O) groups is 1. The van der Waals surface area contributed by atoms with E-state index in [1.165, 1.54) is 17.0 Å².